The third kappa shape index (κ3) is 2.74. The second-order valence-electron chi connectivity index (χ2n) is 3.26. The minimum Gasteiger partial charge on any atom is -0.495 e. The van der Waals surface area contributed by atoms with Gasteiger partial charge in [0.2, 0.25) is 0 Å². The Morgan fingerprint density at radius 3 is 1.61 bits per heavy atom. The molecular weight excluding hydrogens is 266 g/mol. The van der Waals surface area contributed by atoms with Crippen LogP contribution in [0.25, 0.3) is 0 Å². The fourth-order valence-electron chi connectivity index (χ4n) is 1.36. The summed E-state index contributed by atoms with van der Waals surface area (Å²) in [6.45, 7) is 0. The Balaban J connectivity index is 3.66. The Morgan fingerprint density at radius 1 is 1.00 bits per heavy atom. The van der Waals surface area contributed by atoms with Crippen LogP contribution in [0.2, 0.25) is 0 Å². The van der Waals surface area contributed by atoms with Crippen LogP contribution < -0.4 is 4.74 Å². The third-order valence-corrected chi connectivity index (χ3v) is 2.06. The quantitative estimate of drug-likeness (QED) is 0.608. The molecule has 1 aromatic carbocycles. The fourth-order valence-corrected chi connectivity index (χ4v) is 1.36. The summed E-state index contributed by atoms with van der Waals surface area (Å²) in [5, 5.41) is 0. The molecule has 0 aliphatic rings. The number of hydrogen-bond acceptors (Lipinski definition) is 2. The van der Waals surface area contributed by atoms with E-state index in [9.17, 15) is 31.1 Å². The maximum Gasteiger partial charge on any atom is 0.420 e. The predicted octanol–water partition coefficient (Wildman–Crippen LogP) is 3.55. The molecule has 0 fully saturated rings. The van der Waals surface area contributed by atoms with Crippen LogP contribution in [0.4, 0.5) is 26.3 Å². The Morgan fingerprint density at radius 2 is 1.39 bits per heavy atom. The summed E-state index contributed by atoms with van der Waals surface area (Å²) < 4.78 is 79.5. The molecule has 0 N–H and O–H groups in total. The van der Waals surface area contributed by atoms with E-state index in [1.807, 2.05) is 0 Å². The minimum absolute atomic E-state index is 0.0933. The first kappa shape index (κ1) is 14.3. The van der Waals surface area contributed by atoms with Crippen LogP contribution >= 0.6 is 0 Å². The van der Waals surface area contributed by atoms with Gasteiger partial charge >= 0.3 is 12.4 Å². The first-order valence-electron chi connectivity index (χ1n) is 4.43. The van der Waals surface area contributed by atoms with Crippen LogP contribution in [-0.2, 0) is 12.4 Å². The summed E-state index contributed by atoms with van der Waals surface area (Å²) in [7, 11) is 0.695. The van der Waals surface area contributed by atoms with Gasteiger partial charge in [-0.15, -0.1) is 0 Å². The Bertz CT molecular complexity index is 425. The highest BCUT2D eigenvalue weighted by Gasteiger charge is 2.42. The number of rotatable bonds is 2. The molecule has 0 aliphatic carbocycles. The van der Waals surface area contributed by atoms with Gasteiger partial charge in [0.05, 0.1) is 18.2 Å². The number of ether oxygens (including phenoxy) is 1. The van der Waals surface area contributed by atoms with Crippen molar-refractivity contribution in [1.82, 2.24) is 0 Å². The lowest BCUT2D eigenvalue weighted by Crippen LogP contribution is -2.15. The Labute approximate surface area is 97.2 Å². The van der Waals surface area contributed by atoms with Gasteiger partial charge in [0.15, 0.2) is 0 Å². The van der Waals surface area contributed by atoms with E-state index in [1.54, 1.807) is 0 Å². The van der Waals surface area contributed by atoms with E-state index < -0.39 is 34.8 Å². The molecule has 2 nitrogen and oxygen atoms in total. The molecule has 0 saturated carbocycles. The van der Waals surface area contributed by atoms with Crippen molar-refractivity contribution < 1.29 is 35.9 Å². The van der Waals surface area contributed by atoms with E-state index in [2.05, 4.69) is 4.74 Å². The first-order valence-corrected chi connectivity index (χ1v) is 4.43. The minimum atomic E-state index is -5.05. The average Bonchev–Trinajstić information content (AvgIpc) is 2.24. The Hall–Kier alpha value is -1.73. The molecule has 0 aliphatic heterocycles. The summed E-state index contributed by atoms with van der Waals surface area (Å²) in [6.07, 6.45) is -10.2. The number of methoxy groups -OCH3 is 1. The van der Waals surface area contributed by atoms with E-state index in [-0.39, 0.29) is 6.29 Å². The van der Waals surface area contributed by atoms with E-state index in [0.717, 1.165) is 0 Å². The lowest BCUT2D eigenvalue weighted by atomic mass is 10.0. The summed E-state index contributed by atoms with van der Waals surface area (Å²) in [5.74, 6) is -1.35. The van der Waals surface area contributed by atoms with Crippen LogP contribution in [0.1, 0.15) is 21.5 Å². The molecular formula is C10H6F6O2. The molecule has 0 aromatic heterocycles. The third-order valence-electron chi connectivity index (χ3n) is 2.06. The van der Waals surface area contributed by atoms with E-state index in [0.29, 0.717) is 19.2 Å². The second-order valence-corrected chi connectivity index (χ2v) is 3.26. The SMILES string of the molecule is COc1c(C(F)(F)F)cc(C=O)cc1C(F)(F)F. The number of carbonyl (C=O) groups excluding carboxylic acids is 1. The molecule has 1 aromatic rings. The summed E-state index contributed by atoms with van der Waals surface area (Å²) in [5.41, 5.74) is -4.00. The van der Waals surface area contributed by atoms with Crippen LogP contribution in [0.3, 0.4) is 0 Å². The van der Waals surface area contributed by atoms with Crippen molar-refractivity contribution in [2.75, 3.05) is 7.11 Å². The van der Waals surface area contributed by atoms with Crippen molar-refractivity contribution in [3.05, 3.63) is 28.8 Å². The number of aldehydes is 1. The molecule has 0 atom stereocenters. The largest absolute Gasteiger partial charge is 0.495 e. The standard InChI is InChI=1S/C10H6F6O2/c1-18-8-6(9(11,12)13)2-5(4-17)3-7(8)10(14,15)16/h2-4H,1H3. The molecule has 0 amide bonds. The van der Waals surface area contributed by atoms with Crippen LogP contribution in [0, 0.1) is 0 Å². The number of alkyl halides is 6. The van der Waals surface area contributed by atoms with Crippen LogP contribution in [0.5, 0.6) is 5.75 Å². The molecule has 8 heteroatoms. The van der Waals surface area contributed by atoms with E-state index >= 15 is 0 Å². The van der Waals surface area contributed by atoms with Gasteiger partial charge in [-0.2, -0.15) is 26.3 Å². The van der Waals surface area contributed by atoms with Crippen molar-refractivity contribution in [3.8, 4) is 5.75 Å². The number of halogens is 6. The van der Waals surface area contributed by atoms with Gasteiger partial charge in [-0.1, -0.05) is 0 Å². The summed E-state index contributed by atoms with van der Waals surface area (Å²) >= 11 is 0. The summed E-state index contributed by atoms with van der Waals surface area (Å²) in [4.78, 5) is 10.4. The van der Waals surface area contributed by atoms with Gasteiger partial charge in [0.25, 0.3) is 0 Å². The van der Waals surface area contributed by atoms with Gasteiger partial charge < -0.3 is 4.74 Å². The highest BCUT2D eigenvalue weighted by Crippen LogP contribution is 2.44. The molecule has 0 spiro atoms. The maximum atomic E-state index is 12.6. The fraction of sp³-hybridized carbons (Fsp3) is 0.300. The Kier molecular flexibility index (Phi) is 3.59. The predicted molar refractivity (Wildman–Crippen MR) is 48.4 cm³/mol. The zero-order valence-corrected chi connectivity index (χ0v) is 8.82. The van der Waals surface area contributed by atoms with Crippen molar-refractivity contribution >= 4 is 6.29 Å². The normalized spacial score (nSPS) is 12.4. The second kappa shape index (κ2) is 4.51. The van der Waals surface area contributed by atoms with Crippen molar-refractivity contribution in [1.29, 1.82) is 0 Å². The molecule has 1 rings (SSSR count). The van der Waals surface area contributed by atoms with E-state index in [1.165, 1.54) is 0 Å². The molecule has 0 saturated heterocycles. The lowest BCUT2D eigenvalue weighted by Gasteiger charge is -2.18. The zero-order valence-electron chi connectivity index (χ0n) is 8.82. The number of benzene rings is 1. The smallest absolute Gasteiger partial charge is 0.420 e. The molecule has 0 radical (unpaired) electrons. The van der Waals surface area contributed by atoms with Crippen LogP contribution in [0.15, 0.2) is 12.1 Å². The topological polar surface area (TPSA) is 26.3 Å². The molecule has 0 bridgehead atoms. The van der Waals surface area contributed by atoms with Gasteiger partial charge in [0, 0.05) is 5.56 Å². The zero-order chi connectivity index (χ0) is 14.1. The van der Waals surface area contributed by atoms with Gasteiger partial charge in [-0.3, -0.25) is 4.79 Å². The lowest BCUT2D eigenvalue weighted by molar-refractivity contribution is -0.145. The van der Waals surface area contributed by atoms with Gasteiger partial charge in [-0.25, -0.2) is 0 Å². The van der Waals surface area contributed by atoms with Crippen molar-refractivity contribution in [2.24, 2.45) is 0 Å². The average molecular weight is 272 g/mol. The maximum absolute atomic E-state index is 12.6. The molecule has 0 heterocycles. The van der Waals surface area contributed by atoms with Crippen LogP contribution in [-0.4, -0.2) is 13.4 Å². The summed E-state index contributed by atoms with van der Waals surface area (Å²) in [6, 6.07) is 0.613. The van der Waals surface area contributed by atoms with Crippen molar-refractivity contribution in [2.45, 2.75) is 12.4 Å². The van der Waals surface area contributed by atoms with Crippen molar-refractivity contribution in [3.63, 3.8) is 0 Å². The molecule has 0 unspecified atom stereocenters. The molecule has 18 heavy (non-hydrogen) atoms. The number of hydrogen-bond donors (Lipinski definition) is 0. The molecule has 100 valence electrons. The highest BCUT2D eigenvalue weighted by molar-refractivity contribution is 5.77. The highest BCUT2D eigenvalue weighted by atomic mass is 19.4. The van der Waals surface area contributed by atoms with E-state index in [4.69, 9.17) is 0 Å². The van der Waals surface area contributed by atoms with Gasteiger partial charge in [0.1, 0.15) is 12.0 Å². The number of carbonyl (C=O) groups is 1. The first-order chi connectivity index (χ1) is 8.11. The van der Waals surface area contributed by atoms with Gasteiger partial charge in [-0.05, 0) is 12.1 Å². The monoisotopic (exact) mass is 272 g/mol.